The molecule has 1 saturated carbocycles. The number of rotatable bonds is 5. The second-order valence-electron chi connectivity index (χ2n) is 4.47. The van der Waals surface area contributed by atoms with E-state index < -0.39 is 0 Å². The van der Waals surface area contributed by atoms with Crippen LogP contribution in [-0.2, 0) is 4.74 Å². The first-order valence-electron chi connectivity index (χ1n) is 5.61. The molecule has 2 atom stereocenters. The maximum atomic E-state index is 9.69. The van der Waals surface area contributed by atoms with E-state index in [0.717, 1.165) is 32.4 Å². The summed E-state index contributed by atoms with van der Waals surface area (Å²) in [5.41, 5.74) is 0. The van der Waals surface area contributed by atoms with Crippen LogP contribution in [0, 0.1) is 0 Å². The van der Waals surface area contributed by atoms with Gasteiger partial charge < -0.3 is 9.84 Å². The Balaban J connectivity index is 2.17. The van der Waals surface area contributed by atoms with Crippen molar-refractivity contribution >= 4 is 0 Å². The molecule has 1 aliphatic rings. The van der Waals surface area contributed by atoms with Crippen LogP contribution in [-0.4, -0.2) is 48.5 Å². The molecule has 1 N–H and O–H groups in total. The van der Waals surface area contributed by atoms with Crippen LogP contribution in [0.5, 0.6) is 0 Å². The molecule has 0 unspecified atom stereocenters. The number of aliphatic hydroxyl groups is 1. The molecule has 0 heterocycles. The Kier molecular flexibility index (Phi) is 4.85. The quantitative estimate of drug-likeness (QED) is 0.727. The lowest BCUT2D eigenvalue weighted by Crippen LogP contribution is -2.39. The highest BCUT2D eigenvalue weighted by Crippen LogP contribution is 2.22. The van der Waals surface area contributed by atoms with Gasteiger partial charge in [-0.15, -0.1) is 0 Å². The van der Waals surface area contributed by atoms with Gasteiger partial charge in [-0.25, -0.2) is 0 Å². The first kappa shape index (κ1) is 12.0. The highest BCUT2D eigenvalue weighted by atomic mass is 16.5. The van der Waals surface area contributed by atoms with Crippen LogP contribution in [0.2, 0.25) is 0 Å². The molecule has 0 amide bonds. The molecule has 0 spiro atoms. The molecule has 0 radical (unpaired) electrons. The minimum absolute atomic E-state index is 0.126. The van der Waals surface area contributed by atoms with E-state index in [1.54, 1.807) is 0 Å². The molecule has 0 bridgehead atoms. The smallest absolute Gasteiger partial charge is 0.0695 e. The zero-order valence-electron chi connectivity index (χ0n) is 9.57. The average Bonchev–Trinajstić information content (AvgIpc) is 2.50. The highest BCUT2D eigenvalue weighted by Gasteiger charge is 2.28. The van der Waals surface area contributed by atoms with Crippen LogP contribution in [0.4, 0.5) is 0 Å². The second-order valence-corrected chi connectivity index (χ2v) is 4.47. The number of nitrogens with zero attached hydrogens (tertiary/aromatic N) is 1. The van der Waals surface area contributed by atoms with Gasteiger partial charge in [0, 0.05) is 12.6 Å². The lowest BCUT2D eigenvalue weighted by atomic mass is 10.2. The summed E-state index contributed by atoms with van der Waals surface area (Å²) in [6.07, 6.45) is 3.41. The van der Waals surface area contributed by atoms with E-state index in [9.17, 15) is 5.11 Å². The first-order valence-corrected chi connectivity index (χ1v) is 5.61. The van der Waals surface area contributed by atoms with Crippen molar-refractivity contribution in [2.75, 3.05) is 20.2 Å². The number of aliphatic hydroxyl groups excluding tert-OH is 1. The second kappa shape index (κ2) is 5.69. The van der Waals surface area contributed by atoms with Crippen molar-refractivity contribution in [1.29, 1.82) is 0 Å². The molecule has 0 aromatic heterocycles. The van der Waals surface area contributed by atoms with Crippen LogP contribution in [0.1, 0.15) is 33.1 Å². The van der Waals surface area contributed by atoms with Crippen LogP contribution in [0.25, 0.3) is 0 Å². The molecule has 3 nitrogen and oxygen atoms in total. The fourth-order valence-electron chi connectivity index (χ4n) is 2.03. The predicted molar refractivity (Wildman–Crippen MR) is 57.4 cm³/mol. The Morgan fingerprint density at radius 2 is 2.14 bits per heavy atom. The van der Waals surface area contributed by atoms with Crippen molar-refractivity contribution in [3.05, 3.63) is 0 Å². The van der Waals surface area contributed by atoms with E-state index in [1.165, 1.54) is 0 Å². The number of ether oxygens (including phenoxy) is 1. The number of likely N-dealkylation sites (N-methyl/N-ethyl adjacent to an activating group) is 1. The molecule has 0 aromatic carbocycles. The SMILES string of the molecule is CC(C)OCCN(C)[C@H]1CCC[C@@H]1O. The molecule has 1 fully saturated rings. The van der Waals surface area contributed by atoms with Gasteiger partial charge in [0.2, 0.25) is 0 Å². The minimum atomic E-state index is -0.126. The van der Waals surface area contributed by atoms with E-state index in [2.05, 4.69) is 11.9 Å². The van der Waals surface area contributed by atoms with Crippen LogP contribution in [0.15, 0.2) is 0 Å². The van der Waals surface area contributed by atoms with Gasteiger partial charge in [-0.2, -0.15) is 0 Å². The van der Waals surface area contributed by atoms with Crippen molar-refractivity contribution < 1.29 is 9.84 Å². The van der Waals surface area contributed by atoms with Crippen LogP contribution < -0.4 is 0 Å². The van der Waals surface area contributed by atoms with Crippen molar-refractivity contribution in [2.24, 2.45) is 0 Å². The van der Waals surface area contributed by atoms with Gasteiger partial charge in [-0.05, 0) is 40.2 Å². The van der Waals surface area contributed by atoms with Gasteiger partial charge in [-0.1, -0.05) is 0 Å². The third kappa shape index (κ3) is 3.56. The Hall–Kier alpha value is -0.120. The molecule has 1 aliphatic carbocycles. The summed E-state index contributed by atoms with van der Waals surface area (Å²) >= 11 is 0. The van der Waals surface area contributed by atoms with Gasteiger partial charge >= 0.3 is 0 Å². The van der Waals surface area contributed by atoms with E-state index >= 15 is 0 Å². The molecule has 0 aliphatic heterocycles. The summed E-state index contributed by atoms with van der Waals surface area (Å²) in [6.45, 7) is 5.77. The van der Waals surface area contributed by atoms with Crippen molar-refractivity contribution in [3.8, 4) is 0 Å². The third-order valence-corrected chi connectivity index (χ3v) is 2.91. The molecule has 1 rings (SSSR count). The molecule has 14 heavy (non-hydrogen) atoms. The van der Waals surface area contributed by atoms with E-state index in [0.29, 0.717) is 12.1 Å². The molecular formula is C11H23NO2. The zero-order chi connectivity index (χ0) is 10.6. The number of hydrogen-bond acceptors (Lipinski definition) is 3. The van der Waals surface area contributed by atoms with Gasteiger partial charge in [0.25, 0.3) is 0 Å². The van der Waals surface area contributed by atoms with Crippen molar-refractivity contribution in [2.45, 2.75) is 51.4 Å². The maximum absolute atomic E-state index is 9.69. The van der Waals surface area contributed by atoms with E-state index in [-0.39, 0.29) is 6.10 Å². The van der Waals surface area contributed by atoms with Crippen LogP contribution in [0.3, 0.4) is 0 Å². The summed E-state index contributed by atoms with van der Waals surface area (Å²) in [5.74, 6) is 0. The van der Waals surface area contributed by atoms with Gasteiger partial charge in [-0.3, -0.25) is 4.90 Å². The lowest BCUT2D eigenvalue weighted by molar-refractivity contribution is 0.0348. The fourth-order valence-corrected chi connectivity index (χ4v) is 2.03. The normalized spacial score (nSPS) is 27.9. The summed E-state index contributed by atoms with van der Waals surface area (Å²) in [6, 6.07) is 0.353. The maximum Gasteiger partial charge on any atom is 0.0695 e. The molecule has 84 valence electrons. The Morgan fingerprint density at radius 1 is 1.43 bits per heavy atom. The predicted octanol–water partition coefficient (Wildman–Crippen LogP) is 1.26. The average molecular weight is 201 g/mol. The summed E-state index contributed by atoms with van der Waals surface area (Å²) in [4.78, 5) is 2.22. The largest absolute Gasteiger partial charge is 0.391 e. The fraction of sp³-hybridized carbons (Fsp3) is 1.00. The minimum Gasteiger partial charge on any atom is -0.391 e. The summed E-state index contributed by atoms with van der Waals surface area (Å²) < 4.78 is 5.48. The van der Waals surface area contributed by atoms with Gasteiger partial charge in [0.05, 0.1) is 18.8 Å². The van der Waals surface area contributed by atoms with Gasteiger partial charge in [0.15, 0.2) is 0 Å². The standard InChI is InChI=1S/C11H23NO2/c1-9(2)14-8-7-12(3)10-5-4-6-11(10)13/h9-11,13H,4-8H2,1-3H3/t10-,11-/m0/s1. The first-order chi connectivity index (χ1) is 6.61. The van der Waals surface area contributed by atoms with Crippen molar-refractivity contribution in [1.82, 2.24) is 4.90 Å². The van der Waals surface area contributed by atoms with Crippen molar-refractivity contribution in [3.63, 3.8) is 0 Å². The topological polar surface area (TPSA) is 32.7 Å². The van der Waals surface area contributed by atoms with E-state index in [4.69, 9.17) is 4.74 Å². The van der Waals surface area contributed by atoms with Gasteiger partial charge in [0.1, 0.15) is 0 Å². The third-order valence-electron chi connectivity index (χ3n) is 2.91. The molecular weight excluding hydrogens is 178 g/mol. The van der Waals surface area contributed by atoms with E-state index in [1.807, 2.05) is 13.8 Å². The molecule has 0 aromatic rings. The lowest BCUT2D eigenvalue weighted by Gasteiger charge is -2.27. The highest BCUT2D eigenvalue weighted by molar-refractivity contribution is 4.83. The zero-order valence-corrected chi connectivity index (χ0v) is 9.57. The Labute approximate surface area is 87.1 Å². The monoisotopic (exact) mass is 201 g/mol. The summed E-state index contributed by atoms with van der Waals surface area (Å²) in [5, 5.41) is 9.69. The number of hydrogen-bond donors (Lipinski definition) is 1. The summed E-state index contributed by atoms with van der Waals surface area (Å²) in [7, 11) is 2.07. The molecule has 0 saturated heterocycles. The van der Waals surface area contributed by atoms with Crippen LogP contribution >= 0.6 is 0 Å². The Bertz CT molecular complexity index is 161. The Morgan fingerprint density at radius 3 is 2.64 bits per heavy atom. The molecule has 3 heteroatoms.